The van der Waals surface area contributed by atoms with Gasteiger partial charge in [-0.05, 0) is 63.2 Å². The van der Waals surface area contributed by atoms with Gasteiger partial charge in [-0.2, -0.15) is 4.40 Å². The number of fused-ring (bicyclic) bond motifs is 2. The third kappa shape index (κ3) is 16.6. The number of nitrogens with zero attached hydrogens (tertiary/aromatic N) is 5. The van der Waals surface area contributed by atoms with Crippen LogP contribution >= 0.6 is 23.1 Å². The first kappa shape index (κ1) is 71.7. The standard InChI is InChI=1S/C76H71F2N7O14S3/c1-90-39-41-93-49-96-68-61(77)45-60(63(78)69(68)97-50-94-42-40-91-2)67(73(89)98-66(52-20-9-4-10-21-52)53-22-11-5-12-23-53)99-82-102-48-58(79-74(102)81-76(55-25-13-6-14-26-55,56-27-15-7-16-28-56)57-29-17-8-18-30-57)44-62(86)80-64-70(87)85-65(72(88)95-46-51-31-33-59(92-3)34-32-51)54(47-101-71(64)85)24-19-35-83-36-37-84-38-43-100-75(83)84/h4-34,36-38,43,45,48,64,66-67,71H,35,39-42,44,46-47,49-50H2,1-3H3,(H-,79,80,81,86)/p+1/t64-,67?,71?,102?/m0/s1. The monoisotopic (exact) mass is 1440 g/mol. The van der Waals surface area contributed by atoms with E-state index in [2.05, 4.69) is 15.2 Å². The normalized spacial score (nSPS) is 16.2. The fourth-order valence-corrected chi connectivity index (χ4v) is 15.1. The van der Waals surface area contributed by atoms with Crippen molar-refractivity contribution in [2.24, 2.45) is 9.52 Å². The first-order valence-corrected chi connectivity index (χ1v) is 35.6. The van der Waals surface area contributed by atoms with Gasteiger partial charge in [-0.3, -0.25) is 14.5 Å². The van der Waals surface area contributed by atoms with Gasteiger partial charge in [0.2, 0.25) is 23.5 Å². The molecule has 0 saturated carbocycles. The lowest BCUT2D eigenvalue weighted by Gasteiger charge is -2.49. The Balaban J connectivity index is 0.904. The van der Waals surface area contributed by atoms with E-state index in [9.17, 15) is 14.4 Å². The van der Waals surface area contributed by atoms with Gasteiger partial charge in [-0.25, -0.2) is 32.8 Å². The number of aliphatic imine (C=N–C) groups is 1. The van der Waals surface area contributed by atoms with Crippen molar-refractivity contribution >= 4 is 67.7 Å². The zero-order chi connectivity index (χ0) is 70.8. The number of β-lactam (4-membered cyclic amide) rings is 1. The predicted octanol–water partition coefficient (Wildman–Crippen LogP) is 11.5. The summed E-state index contributed by atoms with van der Waals surface area (Å²) < 4.78 is 93.9. The number of nitrogens with one attached hydrogen (secondary N) is 2. The number of ether oxygens (including phenoxy) is 9. The number of carbonyl (C=O) groups is 4. The Bertz CT molecular complexity index is 4410. The molecule has 12 rings (SSSR count). The van der Waals surface area contributed by atoms with Crippen molar-refractivity contribution in [3.05, 3.63) is 291 Å². The third-order valence-corrected chi connectivity index (χ3v) is 20.2. The van der Waals surface area contributed by atoms with Crippen molar-refractivity contribution < 1.29 is 79.8 Å². The van der Waals surface area contributed by atoms with E-state index in [0.717, 1.165) is 27.7 Å². The van der Waals surface area contributed by atoms with Gasteiger partial charge in [0.25, 0.3) is 5.91 Å². The van der Waals surface area contributed by atoms with Gasteiger partial charge < -0.3 is 53.3 Å². The van der Waals surface area contributed by atoms with E-state index in [1.54, 1.807) is 109 Å². The first-order chi connectivity index (χ1) is 50.0. The van der Waals surface area contributed by atoms with E-state index in [4.69, 9.17) is 57.0 Å². The molecule has 3 unspecified atom stereocenters. The zero-order valence-corrected chi connectivity index (χ0v) is 58.1. The van der Waals surface area contributed by atoms with Gasteiger partial charge >= 0.3 is 16.9 Å². The molecular weight excluding hydrogens is 1370 g/mol. The summed E-state index contributed by atoms with van der Waals surface area (Å²) in [5.74, 6) is -6.14. The highest BCUT2D eigenvalue weighted by Gasteiger charge is 2.54. The van der Waals surface area contributed by atoms with Crippen LogP contribution in [-0.4, -0.2) is 117 Å². The third-order valence-electron chi connectivity index (χ3n) is 16.6. The van der Waals surface area contributed by atoms with Crippen molar-refractivity contribution in [1.29, 1.82) is 0 Å². The molecule has 3 aliphatic rings. The van der Waals surface area contributed by atoms with E-state index in [-0.39, 0.29) is 49.6 Å². The van der Waals surface area contributed by atoms with Gasteiger partial charge in [-0.1, -0.05) is 186 Å². The summed E-state index contributed by atoms with van der Waals surface area (Å²) in [7, 11) is 2.73. The maximum atomic E-state index is 17.9. The van der Waals surface area contributed by atoms with Gasteiger partial charge in [0.15, 0.2) is 36.5 Å². The summed E-state index contributed by atoms with van der Waals surface area (Å²) in [5, 5.41) is 9.61. The Labute approximate surface area is 597 Å². The van der Waals surface area contributed by atoms with Crippen LogP contribution in [0.3, 0.4) is 0 Å². The number of methoxy groups -OCH3 is 3. The number of thiazole rings is 1. The molecule has 102 heavy (non-hydrogen) atoms. The van der Waals surface area contributed by atoms with Crippen LogP contribution in [0.5, 0.6) is 17.2 Å². The number of imidazole rings is 1. The molecule has 1 fully saturated rings. The van der Waals surface area contributed by atoms with Crippen LogP contribution in [0.4, 0.5) is 8.78 Å². The fourth-order valence-electron chi connectivity index (χ4n) is 11.7. The maximum absolute atomic E-state index is 17.9. The van der Waals surface area contributed by atoms with E-state index in [0.29, 0.717) is 40.3 Å². The van der Waals surface area contributed by atoms with Gasteiger partial charge in [0, 0.05) is 47.0 Å². The second kappa shape index (κ2) is 34.5. The van der Waals surface area contributed by atoms with Crippen molar-refractivity contribution in [2.45, 2.75) is 48.7 Å². The Kier molecular flexibility index (Phi) is 24.2. The number of benzene rings is 7. The molecule has 21 nitrogen and oxygen atoms in total. The largest absolute Gasteiger partial charge is 0.497 e. The summed E-state index contributed by atoms with van der Waals surface area (Å²) in [6, 6.07) is 53.1. The number of hydrogen-bond donors (Lipinski definition) is 2. The average Bonchev–Trinajstić information content (AvgIpc) is 0.756. The lowest BCUT2D eigenvalue weighted by atomic mass is 9.77. The fraction of sp³-hybridized carbons (Fsp3) is 0.237. The van der Waals surface area contributed by atoms with E-state index < -0.39 is 112 Å². The van der Waals surface area contributed by atoms with Crippen molar-refractivity contribution in [3.63, 3.8) is 0 Å². The van der Waals surface area contributed by atoms with Crippen molar-refractivity contribution in [2.75, 3.05) is 67.1 Å². The number of esters is 2. The van der Waals surface area contributed by atoms with Crippen molar-refractivity contribution in [3.8, 4) is 17.2 Å². The van der Waals surface area contributed by atoms with Gasteiger partial charge in [0.05, 0.1) is 45.7 Å². The average molecular weight is 1440 g/mol. The lowest BCUT2D eigenvalue weighted by molar-refractivity contribution is -0.506. The van der Waals surface area contributed by atoms with E-state index >= 15 is 13.6 Å². The molecule has 0 spiro atoms. The highest BCUT2D eigenvalue weighted by atomic mass is 32.2. The predicted molar refractivity (Wildman–Crippen MR) is 379 cm³/mol. The molecule has 4 atom stereocenters. The lowest BCUT2D eigenvalue weighted by Crippen LogP contribution is -2.70. The summed E-state index contributed by atoms with van der Waals surface area (Å²) in [6.07, 6.45) is 5.88. The number of rotatable bonds is 33. The van der Waals surface area contributed by atoms with Crippen LogP contribution in [0.1, 0.15) is 57.6 Å². The van der Waals surface area contributed by atoms with Crippen molar-refractivity contribution in [1.82, 2.24) is 20.1 Å². The molecule has 26 heteroatoms. The minimum atomic E-state index is -2.21. The molecule has 7 aromatic carbocycles. The number of carbonyl (C=O) groups excluding carboxylic acids is 4. The number of hydrogen-bond acceptors (Lipinski definition) is 19. The second-order valence-electron chi connectivity index (χ2n) is 23.1. The maximum Gasteiger partial charge on any atom is 0.355 e. The second-order valence-corrected chi connectivity index (χ2v) is 26.5. The van der Waals surface area contributed by atoms with E-state index in [1.165, 1.54) is 30.9 Å². The molecule has 3 aliphatic heterocycles. The topological polar surface area (TPSA) is 222 Å². The molecule has 2 N–H and O–H groups in total. The SMILES string of the molecule is COCCOCOc1c(F)cc(C(ON=S2C=C(CC(=O)N[C@H]3C(=O)N4C(C(=O)OCc5ccc(OC)cc5)=C(C=CCn5cc[n+]6ccsc56)CSC34)N=C2NC(c2ccccc2)(c2ccccc2)c2ccccc2)C(=O)OC(c2ccccc2)c2ccccc2)c(F)c1OCOCCOC. The summed E-state index contributed by atoms with van der Waals surface area (Å²) in [4.78, 5) is 73.0. The molecule has 2 aromatic heterocycles. The van der Waals surface area contributed by atoms with Crippen LogP contribution in [0.25, 0.3) is 4.96 Å². The summed E-state index contributed by atoms with van der Waals surface area (Å²) in [5.41, 5.74) is 2.83. The molecule has 0 aliphatic carbocycles. The van der Waals surface area contributed by atoms with E-state index in [1.807, 2.05) is 132 Å². The number of amides is 2. The number of amidine groups is 1. The van der Waals surface area contributed by atoms with Crippen LogP contribution in [0, 0.1) is 11.6 Å². The Morgan fingerprint density at radius 2 is 1.36 bits per heavy atom. The Hall–Kier alpha value is -10.2. The minimum absolute atomic E-state index is 0.0137. The first-order valence-electron chi connectivity index (χ1n) is 32.4. The van der Waals surface area contributed by atoms with Gasteiger partial charge in [0.1, 0.15) is 60.1 Å². The Morgan fingerprint density at radius 3 is 1.96 bits per heavy atom. The summed E-state index contributed by atoms with van der Waals surface area (Å²) >= 11 is 2.96. The minimum Gasteiger partial charge on any atom is -0.497 e. The molecule has 1 saturated heterocycles. The summed E-state index contributed by atoms with van der Waals surface area (Å²) in [6.45, 7) is -0.399. The highest BCUT2D eigenvalue weighted by Crippen LogP contribution is 2.44. The van der Waals surface area contributed by atoms with Crippen LogP contribution in [0.15, 0.2) is 250 Å². The Morgan fingerprint density at radius 1 is 0.765 bits per heavy atom. The molecular formula is C76H72F2N7O14S3+. The molecule has 9 aromatic rings. The number of allylic oxidation sites excluding steroid dienone is 2. The quantitative estimate of drug-likeness (QED) is 0.00742. The molecule has 0 bridgehead atoms. The smallest absolute Gasteiger partial charge is 0.355 e. The number of aromatic nitrogens is 2. The molecule has 0 radical (unpaired) electrons. The van der Waals surface area contributed by atoms with Crippen LogP contribution in [-0.2, 0) is 81.8 Å². The molecule has 2 amide bonds. The highest BCUT2D eigenvalue weighted by molar-refractivity contribution is 8.05. The van der Waals surface area contributed by atoms with Gasteiger partial charge in [-0.15, -0.1) is 11.8 Å². The van der Waals surface area contributed by atoms with Crippen LogP contribution < -0.4 is 29.2 Å². The number of halogens is 2. The molecule has 526 valence electrons. The zero-order valence-electron chi connectivity index (χ0n) is 55.7. The number of thioether (sulfide) groups is 1. The van der Waals surface area contributed by atoms with Crippen LogP contribution in [0.2, 0.25) is 0 Å². The molecule has 5 heterocycles.